The zero-order valence-corrected chi connectivity index (χ0v) is 24.9. The lowest BCUT2D eigenvalue weighted by Crippen LogP contribution is -2.83. The zero-order chi connectivity index (χ0) is 27.1. The van der Waals surface area contributed by atoms with Crippen LogP contribution in [0.3, 0.4) is 0 Å². The predicted octanol–water partition coefficient (Wildman–Crippen LogP) is 6.24. The Bertz CT molecular complexity index is 1160. The molecular formula is C33H49NO4. The highest BCUT2D eigenvalue weighted by Gasteiger charge is 2.82. The highest BCUT2D eigenvalue weighted by molar-refractivity contribution is 5.63. The number of phenols is 1. The van der Waals surface area contributed by atoms with E-state index < -0.39 is 11.2 Å². The van der Waals surface area contributed by atoms with Crippen LogP contribution in [0.25, 0.3) is 0 Å². The maximum atomic E-state index is 11.1. The van der Waals surface area contributed by atoms with Crippen LogP contribution < -0.4 is 4.74 Å². The molecule has 5 aliphatic carbocycles. The molecule has 38 heavy (non-hydrogen) atoms. The summed E-state index contributed by atoms with van der Waals surface area (Å²) in [5.41, 5.74) is 1.43. The van der Waals surface area contributed by atoms with Gasteiger partial charge in [0.1, 0.15) is 11.7 Å². The Morgan fingerprint density at radius 1 is 1.05 bits per heavy atom. The summed E-state index contributed by atoms with van der Waals surface area (Å²) in [4.78, 5) is 2.88. The van der Waals surface area contributed by atoms with Crippen LogP contribution in [0.5, 0.6) is 11.5 Å². The largest absolute Gasteiger partial charge is 0.504 e. The van der Waals surface area contributed by atoms with Crippen molar-refractivity contribution in [1.82, 2.24) is 4.90 Å². The highest BCUT2D eigenvalue weighted by atomic mass is 16.6. The lowest BCUT2D eigenvalue weighted by molar-refractivity contribution is -0.329. The minimum atomic E-state index is -0.474. The monoisotopic (exact) mass is 523 g/mol. The predicted molar refractivity (Wildman–Crippen MR) is 149 cm³/mol. The van der Waals surface area contributed by atoms with Crippen molar-refractivity contribution < 1.29 is 19.3 Å². The molecule has 1 saturated heterocycles. The average molecular weight is 524 g/mol. The molecule has 2 aliphatic heterocycles. The van der Waals surface area contributed by atoms with E-state index in [1.807, 2.05) is 13.2 Å². The second-order valence-electron chi connectivity index (χ2n) is 16.0. The van der Waals surface area contributed by atoms with Crippen LogP contribution >= 0.6 is 0 Å². The summed E-state index contributed by atoms with van der Waals surface area (Å²) in [5, 5.41) is 11.1. The van der Waals surface area contributed by atoms with Crippen LogP contribution in [0.1, 0.15) is 98.1 Å². The molecule has 2 spiro atoms. The summed E-state index contributed by atoms with van der Waals surface area (Å²) in [6.45, 7) is 18.3. The molecule has 7 aliphatic rings. The number of rotatable bonds is 5. The van der Waals surface area contributed by atoms with Gasteiger partial charge in [0.15, 0.2) is 11.5 Å². The maximum Gasteiger partial charge on any atom is 0.165 e. The van der Waals surface area contributed by atoms with E-state index in [9.17, 15) is 5.11 Å². The number of likely N-dealkylation sites (tertiary alicyclic amines) is 1. The van der Waals surface area contributed by atoms with Crippen molar-refractivity contribution in [3.05, 3.63) is 23.3 Å². The molecule has 7 atom stereocenters. The fourth-order valence-corrected chi connectivity index (χ4v) is 10.4. The number of hydrogen-bond donors (Lipinski definition) is 1. The summed E-state index contributed by atoms with van der Waals surface area (Å²) >= 11 is 0. The number of aromatic hydroxyl groups is 1. The number of fused-ring (bicyclic) bond motifs is 2. The van der Waals surface area contributed by atoms with Crippen LogP contribution in [0.4, 0.5) is 0 Å². The lowest BCUT2D eigenvalue weighted by Gasteiger charge is -2.76. The molecule has 1 N–H and O–H groups in total. The normalized spacial score (nSPS) is 41.0. The molecule has 5 fully saturated rings. The van der Waals surface area contributed by atoms with Crippen molar-refractivity contribution in [3.63, 3.8) is 0 Å². The summed E-state index contributed by atoms with van der Waals surface area (Å²) in [7, 11) is 1.91. The van der Waals surface area contributed by atoms with Gasteiger partial charge in [-0.3, -0.25) is 4.90 Å². The lowest BCUT2D eigenvalue weighted by atomic mass is 9.33. The SMILES string of the molecule is CO[C@]12CC[C@@]3(C[C@@H]1[C@](C)(OC(C)(C)C)C(C)(C)C)[C@H]1Cc4ccc(O)c5c4C3(CCN1CC1CC1)C2O5. The first-order chi connectivity index (χ1) is 17.7. The summed E-state index contributed by atoms with van der Waals surface area (Å²) < 4.78 is 21.1. The molecule has 5 heteroatoms. The third kappa shape index (κ3) is 2.94. The Kier molecular flexibility index (Phi) is 5.06. The van der Waals surface area contributed by atoms with Gasteiger partial charge < -0.3 is 19.3 Å². The fraction of sp³-hybridized carbons (Fsp3) is 0.818. The molecule has 210 valence electrons. The van der Waals surface area contributed by atoms with Crippen LogP contribution in [-0.4, -0.2) is 59.2 Å². The van der Waals surface area contributed by atoms with Gasteiger partial charge in [0, 0.05) is 42.0 Å². The van der Waals surface area contributed by atoms with Crippen LogP contribution in [0.2, 0.25) is 0 Å². The first-order valence-corrected chi connectivity index (χ1v) is 15.2. The van der Waals surface area contributed by atoms with E-state index in [-0.39, 0.29) is 33.9 Å². The molecule has 5 nitrogen and oxygen atoms in total. The van der Waals surface area contributed by atoms with Gasteiger partial charge in [0.2, 0.25) is 0 Å². The van der Waals surface area contributed by atoms with Crippen LogP contribution in [0.15, 0.2) is 12.1 Å². The van der Waals surface area contributed by atoms with Gasteiger partial charge >= 0.3 is 0 Å². The van der Waals surface area contributed by atoms with Gasteiger partial charge in [0.05, 0.1) is 11.2 Å². The van der Waals surface area contributed by atoms with Crippen molar-refractivity contribution >= 4 is 0 Å². The molecular weight excluding hydrogens is 474 g/mol. The molecule has 1 aromatic rings. The Hall–Kier alpha value is -1.30. The number of nitrogens with zero attached hydrogens (tertiary/aromatic N) is 1. The molecule has 2 unspecified atom stereocenters. The molecule has 8 rings (SSSR count). The molecule has 0 radical (unpaired) electrons. The number of ether oxygens (including phenoxy) is 3. The molecule has 0 aromatic heterocycles. The Balaban J connectivity index is 1.46. The second-order valence-corrected chi connectivity index (χ2v) is 16.0. The van der Waals surface area contributed by atoms with Gasteiger partial charge in [-0.2, -0.15) is 0 Å². The van der Waals surface area contributed by atoms with E-state index in [1.165, 1.54) is 30.5 Å². The minimum Gasteiger partial charge on any atom is -0.504 e. The fourth-order valence-electron chi connectivity index (χ4n) is 10.4. The molecule has 4 saturated carbocycles. The van der Waals surface area contributed by atoms with E-state index in [0.717, 1.165) is 50.3 Å². The molecule has 4 bridgehead atoms. The maximum absolute atomic E-state index is 11.1. The molecule has 1 aromatic carbocycles. The van der Waals surface area contributed by atoms with Crippen molar-refractivity contribution in [3.8, 4) is 11.5 Å². The van der Waals surface area contributed by atoms with E-state index in [1.54, 1.807) is 0 Å². The van der Waals surface area contributed by atoms with E-state index in [0.29, 0.717) is 11.8 Å². The first kappa shape index (κ1) is 25.7. The standard InChI is InChI=1S/C33H49NO4/c1-28(2,3)30(7,38-29(4,5)6)23-18-31-13-14-33(23,36-8)27-32(31)15-16-34(19-20-9-10-20)24(31)17-21-11-12-22(35)26(37-27)25(21)32/h11-12,20,23-24,27,35H,9-10,13-19H2,1-8H3/t23-,24-,27?,30+,31-,32?,33-/m1/s1. The summed E-state index contributed by atoms with van der Waals surface area (Å²) in [5.74, 6) is 2.10. The van der Waals surface area contributed by atoms with E-state index in [2.05, 4.69) is 59.4 Å². The smallest absolute Gasteiger partial charge is 0.165 e. The Labute approximate surface area is 229 Å². The zero-order valence-electron chi connectivity index (χ0n) is 24.9. The van der Waals surface area contributed by atoms with E-state index >= 15 is 0 Å². The molecule has 2 heterocycles. The van der Waals surface area contributed by atoms with Crippen molar-refractivity contribution in [2.24, 2.45) is 22.7 Å². The van der Waals surface area contributed by atoms with Crippen molar-refractivity contribution in [2.45, 2.75) is 128 Å². The summed E-state index contributed by atoms with van der Waals surface area (Å²) in [6, 6.07) is 4.58. The van der Waals surface area contributed by atoms with Gasteiger partial charge in [-0.1, -0.05) is 26.8 Å². The van der Waals surface area contributed by atoms with Crippen LogP contribution in [-0.2, 0) is 21.3 Å². The third-order valence-corrected chi connectivity index (χ3v) is 12.3. The van der Waals surface area contributed by atoms with Gasteiger partial charge in [-0.25, -0.2) is 0 Å². The number of phenolic OH excluding ortho intramolecular Hbond substituents is 1. The number of hydrogen-bond acceptors (Lipinski definition) is 5. The van der Waals surface area contributed by atoms with Crippen LogP contribution in [0, 0.1) is 22.7 Å². The van der Waals surface area contributed by atoms with E-state index in [4.69, 9.17) is 14.2 Å². The first-order valence-electron chi connectivity index (χ1n) is 15.2. The van der Waals surface area contributed by atoms with Gasteiger partial charge in [-0.15, -0.1) is 0 Å². The van der Waals surface area contributed by atoms with Crippen molar-refractivity contribution in [2.75, 3.05) is 20.2 Å². The number of methoxy groups -OCH3 is 1. The Morgan fingerprint density at radius 3 is 2.42 bits per heavy atom. The minimum absolute atomic E-state index is 0.0928. The molecule has 0 amide bonds. The van der Waals surface area contributed by atoms with Gasteiger partial charge in [-0.05, 0) is 102 Å². The average Bonchev–Trinajstić information content (AvgIpc) is 3.57. The number of benzene rings is 1. The topological polar surface area (TPSA) is 51.2 Å². The van der Waals surface area contributed by atoms with Crippen molar-refractivity contribution in [1.29, 1.82) is 0 Å². The van der Waals surface area contributed by atoms with Gasteiger partial charge in [0.25, 0.3) is 0 Å². The second kappa shape index (κ2) is 7.50. The highest BCUT2D eigenvalue weighted by Crippen LogP contribution is 2.78. The summed E-state index contributed by atoms with van der Waals surface area (Å²) in [6.07, 6.45) is 8.05. The Morgan fingerprint density at radius 2 is 1.79 bits per heavy atom. The third-order valence-electron chi connectivity index (χ3n) is 12.3. The quantitative estimate of drug-likeness (QED) is 0.495. The number of piperidine rings is 1.